The van der Waals surface area contributed by atoms with Gasteiger partial charge in [0.1, 0.15) is 6.61 Å². The molecule has 4 heteroatoms. The van der Waals surface area contributed by atoms with E-state index in [1.807, 2.05) is 19.9 Å². The van der Waals surface area contributed by atoms with Gasteiger partial charge in [0.2, 0.25) is 0 Å². The molecule has 0 aliphatic carbocycles. The Morgan fingerprint density at radius 1 is 1.32 bits per heavy atom. The van der Waals surface area contributed by atoms with Crippen LogP contribution in [0.25, 0.3) is 0 Å². The van der Waals surface area contributed by atoms with Crippen LogP contribution in [-0.4, -0.2) is 4.98 Å². The van der Waals surface area contributed by atoms with Gasteiger partial charge in [-0.05, 0) is 43.2 Å². The normalized spacial score (nSPS) is 12.2. The summed E-state index contributed by atoms with van der Waals surface area (Å²) in [5, 5.41) is 0. The third kappa shape index (κ3) is 3.51. The van der Waals surface area contributed by atoms with Crippen LogP contribution in [0.3, 0.4) is 0 Å². The molecule has 3 nitrogen and oxygen atoms in total. The van der Waals surface area contributed by atoms with Gasteiger partial charge in [-0.15, -0.1) is 0 Å². The highest BCUT2D eigenvalue weighted by molar-refractivity contribution is 5.31. The highest BCUT2D eigenvalue weighted by Gasteiger charge is 2.07. The fourth-order valence-corrected chi connectivity index (χ4v) is 1.77. The molecule has 0 amide bonds. The van der Waals surface area contributed by atoms with E-state index in [1.54, 1.807) is 24.5 Å². The molecule has 0 aliphatic rings. The highest BCUT2D eigenvalue weighted by atomic mass is 19.1. The van der Waals surface area contributed by atoms with Gasteiger partial charge in [-0.1, -0.05) is 6.07 Å². The first kappa shape index (κ1) is 13.5. The van der Waals surface area contributed by atoms with Crippen molar-refractivity contribution in [3.8, 4) is 5.75 Å². The Hall–Kier alpha value is -1.94. The summed E-state index contributed by atoms with van der Waals surface area (Å²) in [7, 11) is 0. The molecular weight excluding hydrogens is 243 g/mol. The van der Waals surface area contributed by atoms with E-state index in [9.17, 15) is 4.39 Å². The summed E-state index contributed by atoms with van der Waals surface area (Å²) in [4.78, 5) is 4.07. The summed E-state index contributed by atoms with van der Waals surface area (Å²) < 4.78 is 19.3. The van der Waals surface area contributed by atoms with Crippen molar-refractivity contribution in [1.82, 2.24) is 4.98 Å². The second-order valence-corrected chi connectivity index (χ2v) is 4.64. The Morgan fingerprint density at radius 3 is 2.74 bits per heavy atom. The van der Waals surface area contributed by atoms with E-state index < -0.39 is 5.82 Å². The molecule has 2 aromatic rings. The van der Waals surface area contributed by atoms with Crippen molar-refractivity contribution in [1.29, 1.82) is 0 Å². The predicted molar refractivity (Wildman–Crippen MR) is 72.3 cm³/mol. The fourth-order valence-electron chi connectivity index (χ4n) is 1.77. The number of nitrogens with zero attached hydrogens (tertiary/aromatic N) is 1. The zero-order valence-electron chi connectivity index (χ0n) is 11.1. The summed E-state index contributed by atoms with van der Waals surface area (Å²) in [5.41, 5.74) is 8.41. The maximum Gasteiger partial charge on any atom is 0.165 e. The van der Waals surface area contributed by atoms with Crippen LogP contribution in [0.5, 0.6) is 5.75 Å². The Morgan fingerprint density at radius 2 is 2.11 bits per heavy atom. The average Bonchev–Trinajstić information content (AvgIpc) is 2.37. The minimum atomic E-state index is -0.393. The molecule has 0 fully saturated rings. The number of rotatable bonds is 4. The highest BCUT2D eigenvalue weighted by Crippen LogP contribution is 2.22. The van der Waals surface area contributed by atoms with Crippen molar-refractivity contribution in [2.75, 3.05) is 0 Å². The van der Waals surface area contributed by atoms with E-state index in [-0.39, 0.29) is 11.8 Å². The van der Waals surface area contributed by atoms with Crippen molar-refractivity contribution in [2.24, 2.45) is 5.73 Å². The molecule has 1 unspecified atom stereocenters. The lowest BCUT2D eigenvalue weighted by Crippen LogP contribution is -2.06. The van der Waals surface area contributed by atoms with E-state index >= 15 is 0 Å². The van der Waals surface area contributed by atoms with Gasteiger partial charge in [-0.2, -0.15) is 0 Å². The van der Waals surface area contributed by atoms with Crippen LogP contribution >= 0.6 is 0 Å². The van der Waals surface area contributed by atoms with Crippen LogP contribution < -0.4 is 10.5 Å². The van der Waals surface area contributed by atoms with Crippen LogP contribution in [0.1, 0.15) is 29.7 Å². The minimum Gasteiger partial charge on any atom is -0.486 e. The van der Waals surface area contributed by atoms with Crippen molar-refractivity contribution in [3.05, 3.63) is 59.2 Å². The molecule has 100 valence electrons. The molecule has 19 heavy (non-hydrogen) atoms. The van der Waals surface area contributed by atoms with E-state index in [1.165, 1.54) is 6.07 Å². The van der Waals surface area contributed by atoms with Crippen LogP contribution in [0.4, 0.5) is 4.39 Å². The first-order chi connectivity index (χ1) is 9.06. The number of hydrogen-bond acceptors (Lipinski definition) is 3. The summed E-state index contributed by atoms with van der Waals surface area (Å²) in [5.74, 6) is -0.165. The minimum absolute atomic E-state index is 0.190. The molecule has 0 radical (unpaired) electrons. The van der Waals surface area contributed by atoms with E-state index in [2.05, 4.69) is 4.98 Å². The third-order valence-electron chi connectivity index (χ3n) is 2.81. The van der Waals surface area contributed by atoms with Crippen molar-refractivity contribution in [3.63, 3.8) is 0 Å². The molecule has 0 saturated heterocycles. The zero-order chi connectivity index (χ0) is 13.8. The number of nitrogens with two attached hydrogens (primary N) is 1. The van der Waals surface area contributed by atoms with E-state index in [0.717, 1.165) is 16.7 Å². The van der Waals surface area contributed by atoms with Crippen molar-refractivity contribution in [2.45, 2.75) is 26.5 Å². The molecule has 1 heterocycles. The van der Waals surface area contributed by atoms with E-state index in [4.69, 9.17) is 10.5 Å². The van der Waals surface area contributed by atoms with Gasteiger partial charge in [0.25, 0.3) is 0 Å². The Balaban J connectivity index is 2.07. The number of aromatic nitrogens is 1. The monoisotopic (exact) mass is 260 g/mol. The molecule has 2 rings (SSSR count). The van der Waals surface area contributed by atoms with Gasteiger partial charge in [0.05, 0.1) is 0 Å². The quantitative estimate of drug-likeness (QED) is 0.918. The summed E-state index contributed by atoms with van der Waals surface area (Å²) >= 11 is 0. The lowest BCUT2D eigenvalue weighted by atomic mass is 10.1. The van der Waals surface area contributed by atoms with Crippen LogP contribution in [0, 0.1) is 12.7 Å². The summed E-state index contributed by atoms with van der Waals surface area (Å²) in [6.45, 7) is 4.06. The van der Waals surface area contributed by atoms with Crippen LogP contribution in [-0.2, 0) is 6.61 Å². The molecule has 0 aliphatic heterocycles. The van der Waals surface area contributed by atoms with Gasteiger partial charge in [-0.25, -0.2) is 4.39 Å². The van der Waals surface area contributed by atoms with Crippen LogP contribution in [0.2, 0.25) is 0 Å². The van der Waals surface area contributed by atoms with Gasteiger partial charge in [0.15, 0.2) is 11.6 Å². The van der Waals surface area contributed by atoms with Crippen LogP contribution in [0.15, 0.2) is 36.7 Å². The van der Waals surface area contributed by atoms with Crippen molar-refractivity contribution >= 4 is 0 Å². The van der Waals surface area contributed by atoms with Gasteiger partial charge >= 0.3 is 0 Å². The predicted octanol–water partition coefficient (Wildman–Crippen LogP) is 3.13. The Bertz CT molecular complexity index is 570. The molecular formula is C15H17FN2O. The molecule has 1 aromatic carbocycles. The SMILES string of the molecule is Cc1cncc(COc2ccc(C(C)N)cc2F)c1. The molecule has 1 atom stereocenters. The first-order valence-electron chi connectivity index (χ1n) is 6.14. The third-order valence-corrected chi connectivity index (χ3v) is 2.81. The molecule has 0 spiro atoms. The number of aryl methyl sites for hydroxylation is 1. The average molecular weight is 260 g/mol. The van der Waals surface area contributed by atoms with Gasteiger partial charge in [0, 0.05) is 24.0 Å². The van der Waals surface area contributed by atoms with Crippen molar-refractivity contribution < 1.29 is 9.13 Å². The second-order valence-electron chi connectivity index (χ2n) is 4.64. The summed E-state index contributed by atoms with van der Waals surface area (Å²) in [6, 6.07) is 6.56. The summed E-state index contributed by atoms with van der Waals surface area (Å²) in [6.07, 6.45) is 3.47. The number of benzene rings is 1. The standard InChI is InChI=1S/C15H17FN2O/c1-10-5-12(8-18-7-10)9-19-15-4-3-13(11(2)17)6-14(15)16/h3-8,11H,9,17H2,1-2H3. The topological polar surface area (TPSA) is 48.1 Å². The van der Waals surface area contributed by atoms with Gasteiger partial charge in [-0.3, -0.25) is 4.98 Å². The molecule has 0 bridgehead atoms. The lowest BCUT2D eigenvalue weighted by molar-refractivity contribution is 0.289. The molecule has 1 aromatic heterocycles. The largest absolute Gasteiger partial charge is 0.486 e. The smallest absolute Gasteiger partial charge is 0.165 e. The fraction of sp³-hybridized carbons (Fsp3) is 0.267. The number of hydrogen-bond donors (Lipinski definition) is 1. The maximum atomic E-state index is 13.8. The first-order valence-corrected chi connectivity index (χ1v) is 6.14. The number of ether oxygens (including phenoxy) is 1. The van der Waals surface area contributed by atoms with E-state index in [0.29, 0.717) is 6.61 Å². The molecule has 2 N–H and O–H groups in total. The Labute approximate surface area is 112 Å². The lowest BCUT2D eigenvalue weighted by Gasteiger charge is -2.10. The van der Waals surface area contributed by atoms with Gasteiger partial charge < -0.3 is 10.5 Å². The maximum absolute atomic E-state index is 13.8. The molecule has 0 saturated carbocycles. The zero-order valence-corrected chi connectivity index (χ0v) is 11.1. The number of pyridine rings is 1. The number of halogens is 1. The second kappa shape index (κ2) is 5.80. The Kier molecular flexibility index (Phi) is 4.12.